The van der Waals surface area contributed by atoms with Crippen molar-refractivity contribution in [1.29, 1.82) is 0 Å². The van der Waals surface area contributed by atoms with Gasteiger partial charge in [0.25, 0.3) is 0 Å². The topological polar surface area (TPSA) is 102 Å². The molecule has 2 unspecified atom stereocenters. The Kier molecular flexibility index (Phi) is 29.2. The Labute approximate surface area is 287 Å². The first-order chi connectivity index (χ1) is 22.6. The van der Waals surface area contributed by atoms with Gasteiger partial charge in [0.05, 0.1) is 40.3 Å². The standard InChI is InChI=1S/C39H69NO7/c1-6-8-10-12-14-16-17-18-19-20-21-22-24-25-27-29-37(41)46-34-35(33-45-32-31-36(39(43)44)40(3,4)5)47-38(42)30-28-26-23-15-13-11-9-7-2/h8,10,12,14,16-17,35-36H,6-7,9,11,13,15,18-34H2,1-5H3/b10-8+,14-12+,17-16+. The van der Waals surface area contributed by atoms with E-state index in [9.17, 15) is 19.5 Å². The number of likely N-dealkylation sites (N-methyl/N-ethyl adjacent to an activating group) is 1. The van der Waals surface area contributed by atoms with Crippen LogP contribution in [0.3, 0.4) is 0 Å². The molecule has 0 rings (SSSR count). The molecule has 0 N–H and O–H groups in total. The van der Waals surface area contributed by atoms with Crippen LogP contribution in [0.5, 0.6) is 0 Å². The number of carboxylic acids is 1. The minimum Gasteiger partial charge on any atom is -0.544 e. The summed E-state index contributed by atoms with van der Waals surface area (Å²) in [4.78, 5) is 36.5. The second kappa shape index (κ2) is 30.9. The smallest absolute Gasteiger partial charge is 0.306 e. The zero-order valence-corrected chi connectivity index (χ0v) is 30.7. The highest BCUT2D eigenvalue weighted by Crippen LogP contribution is 2.13. The van der Waals surface area contributed by atoms with Crippen LogP contribution in [0.4, 0.5) is 0 Å². The summed E-state index contributed by atoms with van der Waals surface area (Å²) in [6.45, 7) is 4.47. The Morgan fingerprint density at radius 2 is 1.19 bits per heavy atom. The molecule has 0 amide bonds. The molecule has 0 saturated carbocycles. The fraction of sp³-hybridized carbons (Fsp3) is 0.769. The molecule has 47 heavy (non-hydrogen) atoms. The van der Waals surface area contributed by atoms with Crippen LogP contribution >= 0.6 is 0 Å². The van der Waals surface area contributed by atoms with E-state index in [1.807, 2.05) is 0 Å². The van der Waals surface area contributed by atoms with Crippen molar-refractivity contribution in [1.82, 2.24) is 0 Å². The van der Waals surface area contributed by atoms with Gasteiger partial charge in [-0.05, 0) is 32.1 Å². The molecule has 0 bridgehead atoms. The molecule has 0 aromatic rings. The normalized spacial score (nSPS) is 13.5. The van der Waals surface area contributed by atoms with Crippen molar-refractivity contribution in [3.63, 3.8) is 0 Å². The number of allylic oxidation sites excluding steroid dienone is 6. The van der Waals surface area contributed by atoms with Crippen LogP contribution in [-0.2, 0) is 28.6 Å². The summed E-state index contributed by atoms with van der Waals surface area (Å²) in [5.74, 6) is -1.76. The van der Waals surface area contributed by atoms with Crippen LogP contribution in [0.2, 0.25) is 0 Å². The Morgan fingerprint density at radius 3 is 1.74 bits per heavy atom. The van der Waals surface area contributed by atoms with Crippen LogP contribution in [0.1, 0.15) is 142 Å². The number of carboxylic acid groups (broad SMARTS) is 1. The summed E-state index contributed by atoms with van der Waals surface area (Å²) in [5.41, 5.74) is 0. The summed E-state index contributed by atoms with van der Waals surface area (Å²) in [7, 11) is 5.38. The molecule has 0 aliphatic heterocycles. The summed E-state index contributed by atoms with van der Waals surface area (Å²) >= 11 is 0. The molecule has 0 aromatic heterocycles. The number of hydrogen-bond acceptors (Lipinski definition) is 7. The quantitative estimate of drug-likeness (QED) is 0.0313. The van der Waals surface area contributed by atoms with Crippen molar-refractivity contribution >= 4 is 17.9 Å². The highest BCUT2D eigenvalue weighted by atomic mass is 16.6. The van der Waals surface area contributed by atoms with Gasteiger partial charge in [-0.1, -0.05) is 127 Å². The summed E-state index contributed by atoms with van der Waals surface area (Å²) in [6.07, 6.45) is 31.7. The van der Waals surface area contributed by atoms with Gasteiger partial charge in [-0.25, -0.2) is 0 Å². The fourth-order valence-electron chi connectivity index (χ4n) is 5.19. The van der Waals surface area contributed by atoms with Crippen LogP contribution in [0.15, 0.2) is 36.5 Å². The molecule has 0 spiro atoms. The maximum Gasteiger partial charge on any atom is 0.306 e. The molecule has 0 aromatic carbocycles. The number of esters is 2. The van der Waals surface area contributed by atoms with E-state index in [-0.39, 0.29) is 42.7 Å². The lowest BCUT2D eigenvalue weighted by atomic mass is 10.1. The second-order valence-electron chi connectivity index (χ2n) is 13.5. The molecule has 8 heteroatoms. The zero-order valence-electron chi connectivity index (χ0n) is 30.7. The first kappa shape index (κ1) is 44.5. The van der Waals surface area contributed by atoms with Crippen molar-refractivity contribution in [2.75, 3.05) is 41.0 Å². The lowest BCUT2D eigenvalue weighted by Crippen LogP contribution is -2.55. The number of hydrogen-bond donors (Lipinski definition) is 0. The molecule has 0 saturated heterocycles. The Morgan fingerprint density at radius 1 is 0.660 bits per heavy atom. The van der Waals surface area contributed by atoms with Crippen molar-refractivity contribution in [2.45, 2.75) is 154 Å². The molecule has 0 heterocycles. The number of unbranched alkanes of at least 4 members (excludes halogenated alkanes) is 14. The van der Waals surface area contributed by atoms with Crippen molar-refractivity contribution in [3.8, 4) is 0 Å². The van der Waals surface area contributed by atoms with Gasteiger partial charge in [0, 0.05) is 19.3 Å². The number of quaternary nitrogens is 1. The monoisotopic (exact) mass is 664 g/mol. The van der Waals surface area contributed by atoms with E-state index < -0.39 is 18.1 Å². The van der Waals surface area contributed by atoms with Gasteiger partial charge in [-0.15, -0.1) is 0 Å². The summed E-state index contributed by atoms with van der Waals surface area (Å²) in [6, 6.07) is -0.724. The minimum absolute atomic E-state index is 0.0379. The van der Waals surface area contributed by atoms with Crippen molar-refractivity contribution < 1.29 is 38.2 Å². The molecule has 0 aliphatic rings. The highest BCUT2D eigenvalue weighted by Gasteiger charge is 2.25. The van der Waals surface area contributed by atoms with Crippen molar-refractivity contribution in [3.05, 3.63) is 36.5 Å². The van der Waals surface area contributed by atoms with Gasteiger partial charge >= 0.3 is 11.9 Å². The largest absolute Gasteiger partial charge is 0.544 e. The lowest BCUT2D eigenvalue weighted by Gasteiger charge is -2.34. The van der Waals surface area contributed by atoms with Crippen LogP contribution < -0.4 is 5.11 Å². The Bertz CT molecular complexity index is 875. The third-order valence-electron chi connectivity index (χ3n) is 8.10. The van der Waals surface area contributed by atoms with Gasteiger partial charge in [0.15, 0.2) is 6.10 Å². The summed E-state index contributed by atoms with van der Waals surface area (Å²) < 4.78 is 17.0. The van der Waals surface area contributed by atoms with Gasteiger partial charge < -0.3 is 28.6 Å². The van der Waals surface area contributed by atoms with E-state index >= 15 is 0 Å². The first-order valence-electron chi connectivity index (χ1n) is 18.5. The average molecular weight is 664 g/mol. The average Bonchev–Trinajstić information content (AvgIpc) is 3.01. The predicted octanol–water partition coefficient (Wildman–Crippen LogP) is 7.79. The second-order valence-corrected chi connectivity index (χ2v) is 13.5. The predicted molar refractivity (Wildman–Crippen MR) is 190 cm³/mol. The molecule has 2 atom stereocenters. The van der Waals surface area contributed by atoms with E-state index in [1.165, 1.54) is 57.8 Å². The molecular weight excluding hydrogens is 594 g/mol. The van der Waals surface area contributed by atoms with Gasteiger partial charge in [0.1, 0.15) is 12.6 Å². The molecule has 0 radical (unpaired) electrons. The molecule has 0 fully saturated rings. The van der Waals surface area contributed by atoms with E-state index in [4.69, 9.17) is 14.2 Å². The van der Waals surface area contributed by atoms with Gasteiger partial charge in [-0.2, -0.15) is 0 Å². The number of aliphatic carboxylic acids is 1. The number of carbonyl (C=O) groups is 3. The molecule has 272 valence electrons. The van der Waals surface area contributed by atoms with E-state index in [0.29, 0.717) is 12.8 Å². The lowest BCUT2D eigenvalue weighted by molar-refractivity contribution is -0.889. The first-order valence-corrected chi connectivity index (χ1v) is 18.5. The molecule has 8 nitrogen and oxygen atoms in total. The molecule has 0 aliphatic carbocycles. The van der Waals surface area contributed by atoms with Crippen molar-refractivity contribution in [2.24, 2.45) is 0 Å². The number of nitrogens with zero attached hydrogens (tertiary/aromatic N) is 1. The minimum atomic E-state index is -1.13. The van der Waals surface area contributed by atoms with Crippen LogP contribution in [0, 0.1) is 0 Å². The van der Waals surface area contributed by atoms with Gasteiger partial charge in [0.2, 0.25) is 0 Å². The summed E-state index contributed by atoms with van der Waals surface area (Å²) in [5, 5.41) is 11.5. The zero-order chi connectivity index (χ0) is 35.0. The van der Waals surface area contributed by atoms with E-state index in [0.717, 1.165) is 51.4 Å². The number of carbonyl (C=O) groups excluding carboxylic acids is 3. The Hall–Kier alpha value is -2.45. The van der Waals surface area contributed by atoms with E-state index in [1.54, 1.807) is 21.1 Å². The Balaban J connectivity index is 4.39. The van der Waals surface area contributed by atoms with E-state index in [2.05, 4.69) is 50.3 Å². The third-order valence-corrected chi connectivity index (χ3v) is 8.10. The SMILES string of the molecule is CC/C=C/C=C/C=C/CCCCCCCCCC(=O)OCC(COCCC(C(=O)[O-])[N+](C)(C)C)OC(=O)CCCCCCCCCC. The number of ether oxygens (including phenoxy) is 3. The molecular formula is C39H69NO7. The fourth-order valence-corrected chi connectivity index (χ4v) is 5.19. The highest BCUT2D eigenvalue weighted by molar-refractivity contribution is 5.70. The van der Waals surface area contributed by atoms with Gasteiger partial charge in [-0.3, -0.25) is 9.59 Å². The van der Waals surface area contributed by atoms with Crippen LogP contribution in [0.25, 0.3) is 0 Å². The maximum atomic E-state index is 12.5. The van der Waals surface area contributed by atoms with Crippen LogP contribution in [-0.4, -0.2) is 75.5 Å². The maximum absolute atomic E-state index is 12.5. The third kappa shape index (κ3) is 29.4. The number of rotatable bonds is 32.